The normalized spacial score (nSPS) is 20.4. The Hall–Kier alpha value is -1.55. The third-order valence-electron chi connectivity index (χ3n) is 2.96. The van der Waals surface area contributed by atoms with Gasteiger partial charge in [-0.25, -0.2) is 0 Å². The van der Waals surface area contributed by atoms with E-state index in [9.17, 15) is 4.79 Å². The number of carboxylic acids is 1. The molecule has 0 aliphatic carbocycles. The predicted molar refractivity (Wildman–Crippen MR) is 64.3 cm³/mol. The van der Waals surface area contributed by atoms with E-state index >= 15 is 0 Å². The van der Waals surface area contributed by atoms with E-state index in [-0.39, 0.29) is 12.5 Å². The van der Waals surface area contributed by atoms with Crippen molar-refractivity contribution in [3.05, 3.63) is 29.8 Å². The van der Waals surface area contributed by atoms with E-state index in [1.165, 1.54) is 0 Å². The van der Waals surface area contributed by atoms with E-state index in [0.29, 0.717) is 5.75 Å². The molecule has 0 spiro atoms. The molecule has 1 atom stereocenters. The fraction of sp³-hybridized carbons (Fsp3) is 0.462. The topological polar surface area (TPSA) is 49.8 Å². The number of aliphatic carboxylic acids is 1. The van der Waals surface area contributed by atoms with E-state index in [4.69, 9.17) is 9.84 Å². The van der Waals surface area contributed by atoms with Gasteiger partial charge in [0.05, 0.1) is 6.42 Å². The molecular formula is C13H17NO3. The van der Waals surface area contributed by atoms with Crippen LogP contribution in [0.5, 0.6) is 5.75 Å². The summed E-state index contributed by atoms with van der Waals surface area (Å²) >= 11 is 0. The van der Waals surface area contributed by atoms with Gasteiger partial charge >= 0.3 is 5.97 Å². The Morgan fingerprint density at radius 1 is 1.53 bits per heavy atom. The van der Waals surface area contributed by atoms with Gasteiger partial charge in [0, 0.05) is 18.7 Å². The molecule has 1 aromatic carbocycles. The van der Waals surface area contributed by atoms with Gasteiger partial charge < -0.3 is 14.7 Å². The fourth-order valence-electron chi connectivity index (χ4n) is 2.10. The van der Waals surface area contributed by atoms with Crippen LogP contribution in [0.15, 0.2) is 24.3 Å². The van der Waals surface area contributed by atoms with E-state index in [1.807, 2.05) is 24.3 Å². The standard InChI is InChI=1S/C13H17NO3/c1-14-7-6-11(9-14)17-12-5-3-2-4-10(12)8-13(15)16/h2-5,11H,6-9H2,1H3,(H,15,16). The van der Waals surface area contributed by atoms with Crippen molar-refractivity contribution in [3.63, 3.8) is 0 Å². The van der Waals surface area contributed by atoms with E-state index in [1.54, 1.807) is 0 Å². The first-order chi connectivity index (χ1) is 8.15. The number of carbonyl (C=O) groups is 1. The molecule has 0 radical (unpaired) electrons. The second-order valence-corrected chi connectivity index (χ2v) is 4.47. The van der Waals surface area contributed by atoms with Crippen molar-refractivity contribution in [1.29, 1.82) is 0 Å². The summed E-state index contributed by atoms with van der Waals surface area (Å²) in [6.07, 6.45) is 1.19. The Kier molecular flexibility index (Phi) is 3.64. The van der Waals surface area contributed by atoms with Crippen LogP contribution in [0, 0.1) is 0 Å². The number of likely N-dealkylation sites (tertiary alicyclic amines) is 1. The lowest BCUT2D eigenvalue weighted by molar-refractivity contribution is -0.136. The lowest BCUT2D eigenvalue weighted by Crippen LogP contribution is -2.22. The second-order valence-electron chi connectivity index (χ2n) is 4.47. The molecule has 0 aromatic heterocycles. The van der Waals surface area contributed by atoms with Crippen molar-refractivity contribution >= 4 is 5.97 Å². The minimum Gasteiger partial charge on any atom is -0.489 e. The summed E-state index contributed by atoms with van der Waals surface area (Å²) in [5.41, 5.74) is 0.745. The summed E-state index contributed by atoms with van der Waals surface area (Å²) in [5.74, 6) is -0.125. The Morgan fingerprint density at radius 2 is 2.29 bits per heavy atom. The Balaban J connectivity index is 2.06. The molecule has 0 amide bonds. The van der Waals surface area contributed by atoms with Crippen LogP contribution in [0.4, 0.5) is 0 Å². The summed E-state index contributed by atoms with van der Waals surface area (Å²) in [6.45, 7) is 1.94. The number of ether oxygens (including phenoxy) is 1. The van der Waals surface area contributed by atoms with Crippen molar-refractivity contribution in [2.24, 2.45) is 0 Å². The molecule has 1 unspecified atom stereocenters. The van der Waals surface area contributed by atoms with Crippen LogP contribution in [0.25, 0.3) is 0 Å². The summed E-state index contributed by atoms with van der Waals surface area (Å²) in [4.78, 5) is 13.0. The van der Waals surface area contributed by atoms with Gasteiger partial charge in [-0.05, 0) is 19.5 Å². The molecule has 1 aliphatic heterocycles. The fourth-order valence-corrected chi connectivity index (χ4v) is 2.10. The molecule has 2 rings (SSSR count). The minimum absolute atomic E-state index is 0.0126. The zero-order valence-corrected chi connectivity index (χ0v) is 9.93. The average molecular weight is 235 g/mol. The zero-order chi connectivity index (χ0) is 12.3. The van der Waals surface area contributed by atoms with Crippen LogP contribution >= 0.6 is 0 Å². The molecule has 1 aliphatic rings. The number of hydrogen-bond acceptors (Lipinski definition) is 3. The van der Waals surface area contributed by atoms with Crippen LogP contribution in [0.2, 0.25) is 0 Å². The first-order valence-corrected chi connectivity index (χ1v) is 5.80. The third-order valence-corrected chi connectivity index (χ3v) is 2.96. The summed E-state index contributed by atoms with van der Waals surface area (Å²) in [7, 11) is 2.06. The minimum atomic E-state index is -0.829. The number of hydrogen-bond donors (Lipinski definition) is 1. The van der Waals surface area contributed by atoms with Gasteiger partial charge in [-0.2, -0.15) is 0 Å². The maximum absolute atomic E-state index is 10.7. The van der Waals surface area contributed by atoms with E-state index < -0.39 is 5.97 Å². The third kappa shape index (κ3) is 3.20. The smallest absolute Gasteiger partial charge is 0.307 e. The summed E-state index contributed by atoms with van der Waals surface area (Å²) < 4.78 is 5.87. The molecule has 1 saturated heterocycles. The number of rotatable bonds is 4. The highest BCUT2D eigenvalue weighted by Gasteiger charge is 2.21. The average Bonchev–Trinajstić information content (AvgIpc) is 2.66. The number of carboxylic acid groups (broad SMARTS) is 1. The molecule has 4 nitrogen and oxygen atoms in total. The van der Waals surface area contributed by atoms with Crippen molar-refractivity contribution in [1.82, 2.24) is 4.90 Å². The predicted octanol–water partition coefficient (Wildman–Crippen LogP) is 1.40. The highest BCUT2D eigenvalue weighted by molar-refractivity contribution is 5.71. The molecule has 1 N–H and O–H groups in total. The monoisotopic (exact) mass is 235 g/mol. The molecule has 1 aromatic rings. The lowest BCUT2D eigenvalue weighted by atomic mass is 10.1. The molecule has 0 bridgehead atoms. The number of benzene rings is 1. The zero-order valence-electron chi connectivity index (χ0n) is 9.93. The van der Waals surface area contributed by atoms with Crippen molar-refractivity contribution in [2.75, 3.05) is 20.1 Å². The van der Waals surface area contributed by atoms with Gasteiger partial charge in [-0.1, -0.05) is 18.2 Å². The summed E-state index contributed by atoms with van der Waals surface area (Å²) in [5, 5.41) is 8.83. The molecule has 1 heterocycles. The van der Waals surface area contributed by atoms with Gasteiger partial charge in [-0.15, -0.1) is 0 Å². The van der Waals surface area contributed by atoms with Gasteiger partial charge in [0.15, 0.2) is 0 Å². The number of nitrogens with zero attached hydrogens (tertiary/aromatic N) is 1. The number of para-hydroxylation sites is 1. The maximum atomic E-state index is 10.7. The van der Waals surface area contributed by atoms with Crippen molar-refractivity contribution in [2.45, 2.75) is 18.9 Å². The van der Waals surface area contributed by atoms with Crippen LogP contribution in [0.3, 0.4) is 0 Å². The quantitative estimate of drug-likeness (QED) is 0.857. The van der Waals surface area contributed by atoms with Crippen LogP contribution in [-0.2, 0) is 11.2 Å². The Bertz CT molecular complexity index is 405. The van der Waals surface area contributed by atoms with Gasteiger partial charge in [0.25, 0.3) is 0 Å². The summed E-state index contributed by atoms with van der Waals surface area (Å²) in [6, 6.07) is 7.37. The van der Waals surface area contributed by atoms with Crippen molar-refractivity contribution in [3.8, 4) is 5.75 Å². The molecular weight excluding hydrogens is 218 g/mol. The van der Waals surface area contributed by atoms with Gasteiger partial charge in [0.2, 0.25) is 0 Å². The molecule has 4 heteroatoms. The van der Waals surface area contributed by atoms with Crippen LogP contribution in [-0.4, -0.2) is 42.2 Å². The second kappa shape index (κ2) is 5.19. The van der Waals surface area contributed by atoms with Crippen molar-refractivity contribution < 1.29 is 14.6 Å². The molecule has 1 fully saturated rings. The largest absolute Gasteiger partial charge is 0.489 e. The molecule has 92 valence electrons. The first-order valence-electron chi connectivity index (χ1n) is 5.80. The van der Waals surface area contributed by atoms with Gasteiger partial charge in [0.1, 0.15) is 11.9 Å². The number of likely N-dealkylation sites (N-methyl/N-ethyl adjacent to an activating group) is 1. The Labute approximate surface area is 101 Å². The van der Waals surface area contributed by atoms with Crippen LogP contribution in [0.1, 0.15) is 12.0 Å². The first kappa shape index (κ1) is 11.9. The lowest BCUT2D eigenvalue weighted by Gasteiger charge is -2.16. The Morgan fingerprint density at radius 3 is 2.94 bits per heavy atom. The van der Waals surface area contributed by atoms with Gasteiger partial charge in [-0.3, -0.25) is 4.79 Å². The van der Waals surface area contributed by atoms with E-state index in [0.717, 1.165) is 25.1 Å². The molecule has 0 saturated carbocycles. The highest BCUT2D eigenvalue weighted by Crippen LogP contribution is 2.22. The van der Waals surface area contributed by atoms with E-state index in [2.05, 4.69) is 11.9 Å². The highest BCUT2D eigenvalue weighted by atomic mass is 16.5. The van der Waals surface area contributed by atoms with Crippen LogP contribution < -0.4 is 4.74 Å². The molecule has 17 heavy (non-hydrogen) atoms. The SMILES string of the molecule is CN1CCC(Oc2ccccc2CC(=O)O)C1. The maximum Gasteiger partial charge on any atom is 0.307 e.